The van der Waals surface area contributed by atoms with Gasteiger partial charge in [-0.15, -0.1) is 0 Å². The molecule has 1 aromatic heterocycles. The molecular weight excluding hydrogens is 164 g/mol. The lowest BCUT2D eigenvalue weighted by atomic mass is 9.92. The Kier molecular flexibility index (Phi) is 3.48. The van der Waals surface area contributed by atoms with Crippen molar-refractivity contribution in [3.63, 3.8) is 0 Å². The van der Waals surface area contributed by atoms with Gasteiger partial charge in [-0.2, -0.15) is 0 Å². The summed E-state index contributed by atoms with van der Waals surface area (Å²) in [5.41, 5.74) is 1.37. The summed E-state index contributed by atoms with van der Waals surface area (Å²) >= 11 is 0. The van der Waals surface area contributed by atoms with Gasteiger partial charge in [-0.1, -0.05) is 25.9 Å². The lowest BCUT2D eigenvalue weighted by Crippen LogP contribution is -2.20. The lowest BCUT2D eigenvalue weighted by molar-refractivity contribution is 0.363. The summed E-state index contributed by atoms with van der Waals surface area (Å²) < 4.78 is 4.72. The van der Waals surface area contributed by atoms with Crippen molar-refractivity contribution in [3.05, 3.63) is 18.0 Å². The van der Waals surface area contributed by atoms with E-state index in [0.717, 1.165) is 18.8 Å². The SMILES string of the molecule is CC(C)(C)CCNCc1ccon1. The van der Waals surface area contributed by atoms with Crippen LogP contribution in [0.1, 0.15) is 32.9 Å². The van der Waals surface area contributed by atoms with Crippen molar-refractivity contribution in [1.29, 1.82) is 0 Å². The smallest absolute Gasteiger partial charge is 0.124 e. The molecule has 0 aromatic carbocycles. The Morgan fingerprint density at radius 3 is 2.77 bits per heavy atom. The molecule has 0 saturated carbocycles. The highest BCUT2D eigenvalue weighted by Crippen LogP contribution is 2.16. The number of rotatable bonds is 4. The Morgan fingerprint density at radius 1 is 1.46 bits per heavy atom. The quantitative estimate of drug-likeness (QED) is 0.725. The zero-order valence-electron chi connectivity index (χ0n) is 8.63. The van der Waals surface area contributed by atoms with Gasteiger partial charge in [-0.25, -0.2) is 0 Å². The highest BCUT2D eigenvalue weighted by atomic mass is 16.5. The summed E-state index contributed by atoms with van der Waals surface area (Å²) in [6, 6.07) is 1.88. The van der Waals surface area contributed by atoms with Crippen LogP contribution in [0.15, 0.2) is 16.9 Å². The molecule has 74 valence electrons. The zero-order valence-corrected chi connectivity index (χ0v) is 8.63. The number of hydrogen-bond donors (Lipinski definition) is 1. The third kappa shape index (κ3) is 4.68. The molecule has 0 bridgehead atoms. The van der Waals surface area contributed by atoms with E-state index in [9.17, 15) is 0 Å². The van der Waals surface area contributed by atoms with E-state index in [1.54, 1.807) is 6.26 Å². The summed E-state index contributed by atoms with van der Waals surface area (Å²) in [6.45, 7) is 8.54. The van der Waals surface area contributed by atoms with E-state index in [0.29, 0.717) is 5.41 Å². The molecule has 1 heterocycles. The Hall–Kier alpha value is -0.830. The number of nitrogens with one attached hydrogen (secondary N) is 1. The van der Waals surface area contributed by atoms with Crippen molar-refractivity contribution in [2.45, 2.75) is 33.7 Å². The molecule has 0 radical (unpaired) electrons. The van der Waals surface area contributed by atoms with Crippen LogP contribution in [-0.4, -0.2) is 11.7 Å². The average molecular weight is 182 g/mol. The molecule has 0 spiro atoms. The second-order valence-corrected chi connectivity index (χ2v) is 4.48. The molecule has 0 aliphatic rings. The second kappa shape index (κ2) is 4.42. The van der Waals surface area contributed by atoms with Crippen LogP contribution in [-0.2, 0) is 6.54 Å². The van der Waals surface area contributed by atoms with E-state index in [-0.39, 0.29) is 0 Å². The van der Waals surface area contributed by atoms with Crippen molar-refractivity contribution in [3.8, 4) is 0 Å². The fourth-order valence-electron chi connectivity index (χ4n) is 1.01. The monoisotopic (exact) mass is 182 g/mol. The zero-order chi connectivity index (χ0) is 9.73. The van der Waals surface area contributed by atoms with Gasteiger partial charge in [0.2, 0.25) is 0 Å². The van der Waals surface area contributed by atoms with Crippen LogP contribution >= 0.6 is 0 Å². The summed E-state index contributed by atoms with van der Waals surface area (Å²) in [5.74, 6) is 0. The predicted octanol–water partition coefficient (Wildman–Crippen LogP) is 2.20. The van der Waals surface area contributed by atoms with Crippen LogP contribution in [0, 0.1) is 5.41 Å². The highest BCUT2D eigenvalue weighted by molar-refractivity contribution is 4.94. The molecule has 1 N–H and O–H groups in total. The molecule has 0 amide bonds. The minimum Gasteiger partial charge on any atom is -0.364 e. The van der Waals surface area contributed by atoms with Crippen LogP contribution < -0.4 is 5.32 Å². The first-order valence-electron chi connectivity index (χ1n) is 4.68. The van der Waals surface area contributed by atoms with E-state index >= 15 is 0 Å². The Morgan fingerprint density at radius 2 is 2.23 bits per heavy atom. The summed E-state index contributed by atoms with van der Waals surface area (Å²) in [6.07, 6.45) is 2.77. The maximum atomic E-state index is 4.72. The van der Waals surface area contributed by atoms with Gasteiger partial charge in [-0.05, 0) is 18.4 Å². The highest BCUT2D eigenvalue weighted by Gasteiger charge is 2.08. The third-order valence-electron chi connectivity index (χ3n) is 1.85. The van der Waals surface area contributed by atoms with Gasteiger partial charge in [-0.3, -0.25) is 0 Å². The van der Waals surface area contributed by atoms with E-state index in [4.69, 9.17) is 4.52 Å². The average Bonchev–Trinajstić information content (AvgIpc) is 2.48. The number of aromatic nitrogens is 1. The first kappa shape index (κ1) is 10.3. The van der Waals surface area contributed by atoms with Crippen molar-refractivity contribution >= 4 is 0 Å². The second-order valence-electron chi connectivity index (χ2n) is 4.48. The molecule has 3 nitrogen and oxygen atoms in total. The molecule has 0 saturated heterocycles. The molecule has 1 aromatic rings. The predicted molar refractivity (Wildman–Crippen MR) is 52.3 cm³/mol. The van der Waals surface area contributed by atoms with E-state index in [1.165, 1.54) is 6.42 Å². The van der Waals surface area contributed by atoms with Crippen molar-refractivity contribution in [1.82, 2.24) is 10.5 Å². The van der Waals surface area contributed by atoms with Crippen molar-refractivity contribution in [2.75, 3.05) is 6.54 Å². The Labute approximate surface area is 79.5 Å². The van der Waals surface area contributed by atoms with Crippen molar-refractivity contribution in [2.24, 2.45) is 5.41 Å². The fourth-order valence-corrected chi connectivity index (χ4v) is 1.01. The van der Waals surface area contributed by atoms with Gasteiger partial charge in [0.1, 0.15) is 6.26 Å². The number of nitrogens with zero attached hydrogens (tertiary/aromatic N) is 1. The molecule has 0 atom stereocenters. The molecular formula is C10H18N2O. The van der Waals surface area contributed by atoms with Gasteiger partial charge in [0.25, 0.3) is 0 Å². The first-order valence-corrected chi connectivity index (χ1v) is 4.68. The summed E-state index contributed by atoms with van der Waals surface area (Å²) in [7, 11) is 0. The van der Waals surface area contributed by atoms with Crippen LogP contribution in [0.5, 0.6) is 0 Å². The standard InChI is InChI=1S/C10H18N2O/c1-10(2,3)5-6-11-8-9-4-7-13-12-9/h4,7,11H,5-6,8H2,1-3H3. The number of hydrogen-bond acceptors (Lipinski definition) is 3. The largest absolute Gasteiger partial charge is 0.364 e. The topological polar surface area (TPSA) is 38.1 Å². The molecule has 0 unspecified atom stereocenters. The lowest BCUT2D eigenvalue weighted by Gasteiger charge is -2.17. The van der Waals surface area contributed by atoms with Gasteiger partial charge in [0.15, 0.2) is 0 Å². The normalized spacial score (nSPS) is 11.9. The van der Waals surface area contributed by atoms with Crippen LogP contribution in [0.4, 0.5) is 0 Å². The van der Waals surface area contributed by atoms with Gasteiger partial charge in [0.05, 0.1) is 5.69 Å². The molecule has 0 fully saturated rings. The molecule has 13 heavy (non-hydrogen) atoms. The Balaban J connectivity index is 2.09. The van der Waals surface area contributed by atoms with Gasteiger partial charge >= 0.3 is 0 Å². The molecule has 0 aliphatic heterocycles. The summed E-state index contributed by atoms with van der Waals surface area (Å²) in [5, 5.41) is 7.13. The molecule has 1 rings (SSSR count). The third-order valence-corrected chi connectivity index (χ3v) is 1.85. The van der Waals surface area contributed by atoms with Crippen LogP contribution in [0.2, 0.25) is 0 Å². The first-order chi connectivity index (χ1) is 6.08. The molecule has 3 heteroatoms. The maximum Gasteiger partial charge on any atom is 0.124 e. The molecule has 0 aliphatic carbocycles. The minimum absolute atomic E-state index is 0.400. The van der Waals surface area contributed by atoms with E-state index < -0.39 is 0 Å². The van der Waals surface area contributed by atoms with Crippen LogP contribution in [0.25, 0.3) is 0 Å². The maximum absolute atomic E-state index is 4.72. The summed E-state index contributed by atoms with van der Waals surface area (Å²) in [4.78, 5) is 0. The fraction of sp³-hybridized carbons (Fsp3) is 0.700. The van der Waals surface area contributed by atoms with E-state index in [2.05, 4.69) is 31.2 Å². The Bertz CT molecular complexity index is 224. The van der Waals surface area contributed by atoms with E-state index in [1.807, 2.05) is 6.07 Å². The van der Waals surface area contributed by atoms with Crippen molar-refractivity contribution < 1.29 is 4.52 Å². The van der Waals surface area contributed by atoms with Crippen LogP contribution in [0.3, 0.4) is 0 Å². The van der Waals surface area contributed by atoms with Gasteiger partial charge in [0, 0.05) is 12.6 Å². The van der Waals surface area contributed by atoms with Gasteiger partial charge < -0.3 is 9.84 Å². The minimum atomic E-state index is 0.400.